The number of hydrogen-bond acceptors (Lipinski definition) is 5. The SMILES string of the molecule is C=CCOC(/C=[N+](\[O-])OC(=O)OC)c1ccccc1. The summed E-state index contributed by atoms with van der Waals surface area (Å²) in [5, 5.41) is 11.4. The Morgan fingerprint density at radius 3 is 2.74 bits per heavy atom. The van der Waals surface area contributed by atoms with E-state index in [1.165, 1.54) is 0 Å². The summed E-state index contributed by atoms with van der Waals surface area (Å²) in [5.74, 6) is 0. The van der Waals surface area contributed by atoms with Crippen molar-refractivity contribution >= 4 is 12.4 Å². The van der Waals surface area contributed by atoms with Crippen LogP contribution in [0.4, 0.5) is 4.79 Å². The molecule has 0 aliphatic rings. The minimum atomic E-state index is -1.10. The molecule has 0 spiro atoms. The van der Waals surface area contributed by atoms with Gasteiger partial charge in [0, 0.05) is 4.90 Å². The molecule has 0 aromatic heterocycles. The molecule has 0 N–H and O–H groups in total. The average molecular weight is 265 g/mol. The van der Waals surface area contributed by atoms with Crippen molar-refractivity contribution in [2.45, 2.75) is 6.10 Å². The molecule has 0 fully saturated rings. The molecular formula is C13H15NO5. The van der Waals surface area contributed by atoms with Crippen molar-refractivity contribution in [3.05, 3.63) is 53.8 Å². The standard InChI is InChI=1S/C13H15NO5/c1-3-9-18-12(11-7-5-4-6-8-11)10-14(16)19-13(15)17-2/h3-8,10,12H,1,9H2,2H3/b14-10+. The van der Waals surface area contributed by atoms with E-state index in [9.17, 15) is 10.0 Å². The minimum Gasteiger partial charge on any atom is -0.456 e. The van der Waals surface area contributed by atoms with Crippen LogP contribution in [0.3, 0.4) is 0 Å². The van der Waals surface area contributed by atoms with Crippen LogP contribution in [0.1, 0.15) is 11.7 Å². The fourth-order valence-corrected chi connectivity index (χ4v) is 1.29. The Balaban J connectivity index is 2.82. The van der Waals surface area contributed by atoms with Gasteiger partial charge in [-0.3, -0.25) is 10.0 Å². The molecule has 1 unspecified atom stereocenters. The largest absolute Gasteiger partial charge is 0.456 e. The molecule has 19 heavy (non-hydrogen) atoms. The van der Waals surface area contributed by atoms with Crippen LogP contribution in [-0.2, 0) is 14.3 Å². The van der Waals surface area contributed by atoms with E-state index in [-0.39, 0.29) is 11.5 Å². The normalized spacial score (nSPS) is 12.6. The number of hydrogen-bond donors (Lipinski definition) is 0. The quantitative estimate of drug-likeness (QED) is 0.197. The second-order valence-corrected chi connectivity index (χ2v) is 3.43. The number of ether oxygens (including phenoxy) is 2. The van der Waals surface area contributed by atoms with E-state index < -0.39 is 12.3 Å². The molecule has 0 heterocycles. The molecule has 0 radical (unpaired) electrons. The summed E-state index contributed by atoms with van der Waals surface area (Å²) in [6.45, 7) is 3.78. The summed E-state index contributed by atoms with van der Waals surface area (Å²) in [4.78, 5) is 15.1. The predicted molar refractivity (Wildman–Crippen MR) is 68.5 cm³/mol. The van der Waals surface area contributed by atoms with E-state index >= 15 is 0 Å². The molecule has 6 nitrogen and oxygen atoms in total. The van der Waals surface area contributed by atoms with Gasteiger partial charge < -0.3 is 9.47 Å². The van der Waals surface area contributed by atoms with Crippen molar-refractivity contribution < 1.29 is 24.0 Å². The zero-order valence-corrected chi connectivity index (χ0v) is 10.5. The third-order valence-electron chi connectivity index (χ3n) is 2.11. The molecule has 6 heteroatoms. The first-order chi connectivity index (χ1) is 9.17. The van der Waals surface area contributed by atoms with Crippen molar-refractivity contribution in [3.8, 4) is 0 Å². The molecule has 1 aromatic rings. The molecule has 1 aromatic carbocycles. The number of methoxy groups -OCH3 is 1. The van der Waals surface area contributed by atoms with Gasteiger partial charge >= 0.3 is 6.16 Å². The highest BCUT2D eigenvalue weighted by Crippen LogP contribution is 2.14. The van der Waals surface area contributed by atoms with Crippen LogP contribution in [0.25, 0.3) is 0 Å². The molecule has 0 bridgehead atoms. The Morgan fingerprint density at radius 1 is 1.47 bits per heavy atom. The third-order valence-corrected chi connectivity index (χ3v) is 2.11. The highest BCUT2D eigenvalue weighted by molar-refractivity contribution is 5.62. The van der Waals surface area contributed by atoms with Crippen LogP contribution in [0.5, 0.6) is 0 Å². The van der Waals surface area contributed by atoms with E-state index in [1.54, 1.807) is 18.2 Å². The first kappa shape index (κ1) is 14.7. The number of benzene rings is 1. The molecule has 0 aliphatic carbocycles. The maximum atomic E-state index is 11.4. The molecule has 0 aliphatic heterocycles. The van der Waals surface area contributed by atoms with Crippen LogP contribution in [0.2, 0.25) is 0 Å². The Hall–Kier alpha value is -2.34. The highest BCUT2D eigenvalue weighted by Gasteiger charge is 2.15. The van der Waals surface area contributed by atoms with Crippen molar-refractivity contribution in [2.75, 3.05) is 13.7 Å². The van der Waals surface area contributed by atoms with Crippen LogP contribution in [0, 0.1) is 5.21 Å². The summed E-state index contributed by atoms with van der Waals surface area (Å²) in [6, 6.07) is 9.04. The van der Waals surface area contributed by atoms with Gasteiger partial charge in [0.05, 0.1) is 13.7 Å². The first-order valence-corrected chi connectivity index (χ1v) is 5.52. The number of rotatable bonds is 6. The zero-order chi connectivity index (χ0) is 14.1. The highest BCUT2D eigenvalue weighted by atomic mass is 16.9. The molecule has 1 atom stereocenters. The second kappa shape index (κ2) is 7.88. The lowest BCUT2D eigenvalue weighted by Crippen LogP contribution is -2.18. The van der Waals surface area contributed by atoms with E-state index in [0.29, 0.717) is 0 Å². The molecule has 0 saturated heterocycles. The molecule has 0 amide bonds. The van der Waals surface area contributed by atoms with Crippen LogP contribution < -0.4 is 0 Å². The summed E-state index contributed by atoms with van der Waals surface area (Å²) in [7, 11) is 1.11. The lowest BCUT2D eigenvalue weighted by molar-refractivity contribution is -0.712. The second-order valence-electron chi connectivity index (χ2n) is 3.43. The fraction of sp³-hybridized carbons (Fsp3) is 0.231. The van der Waals surface area contributed by atoms with Gasteiger partial charge in [0.1, 0.15) is 0 Å². The Labute approximate surface area is 111 Å². The van der Waals surface area contributed by atoms with Crippen molar-refractivity contribution in [2.24, 2.45) is 0 Å². The van der Waals surface area contributed by atoms with E-state index in [1.807, 2.05) is 18.2 Å². The van der Waals surface area contributed by atoms with Crippen LogP contribution in [0.15, 0.2) is 43.0 Å². The maximum Gasteiger partial charge on any atom is 0.438 e. The lowest BCUT2D eigenvalue weighted by Gasteiger charge is -2.11. The van der Waals surface area contributed by atoms with E-state index in [4.69, 9.17) is 4.74 Å². The number of carbonyl (C=O) groups is 1. The van der Waals surface area contributed by atoms with Gasteiger partial charge in [0.15, 0.2) is 6.10 Å². The summed E-state index contributed by atoms with van der Waals surface area (Å²) in [5.41, 5.74) is 0.749. The number of carbonyl (C=O) groups excluding carboxylic acids is 1. The van der Waals surface area contributed by atoms with Crippen LogP contribution >= 0.6 is 0 Å². The van der Waals surface area contributed by atoms with Gasteiger partial charge in [-0.1, -0.05) is 36.4 Å². The van der Waals surface area contributed by atoms with Crippen molar-refractivity contribution in [1.29, 1.82) is 0 Å². The monoisotopic (exact) mass is 265 g/mol. The molecule has 1 rings (SSSR count). The van der Waals surface area contributed by atoms with Gasteiger partial charge in [0.25, 0.3) is 0 Å². The molecule has 0 saturated carbocycles. The van der Waals surface area contributed by atoms with Crippen LogP contribution in [-0.4, -0.2) is 31.0 Å². The molecule has 102 valence electrons. The molecular weight excluding hydrogens is 250 g/mol. The van der Waals surface area contributed by atoms with Gasteiger partial charge in [-0.2, -0.15) is 0 Å². The van der Waals surface area contributed by atoms with Gasteiger partial charge in [0.2, 0.25) is 6.21 Å². The minimum absolute atomic E-state index is 0.00654. The first-order valence-electron chi connectivity index (χ1n) is 5.52. The van der Waals surface area contributed by atoms with Gasteiger partial charge in [-0.05, 0) is 5.56 Å². The summed E-state index contributed by atoms with van der Waals surface area (Å²) >= 11 is 0. The van der Waals surface area contributed by atoms with Gasteiger partial charge in [-0.15, -0.1) is 6.58 Å². The van der Waals surface area contributed by atoms with E-state index in [0.717, 1.165) is 18.9 Å². The Bertz CT molecular complexity index is 444. The zero-order valence-electron chi connectivity index (χ0n) is 10.5. The Kier molecular flexibility index (Phi) is 6.11. The smallest absolute Gasteiger partial charge is 0.438 e. The van der Waals surface area contributed by atoms with E-state index in [2.05, 4.69) is 16.2 Å². The lowest BCUT2D eigenvalue weighted by atomic mass is 10.1. The predicted octanol–water partition coefficient (Wildman–Crippen LogP) is 2.21. The topological polar surface area (TPSA) is 70.8 Å². The number of nitrogens with zero attached hydrogens (tertiary/aromatic N) is 1. The Morgan fingerprint density at radius 2 is 2.16 bits per heavy atom. The van der Waals surface area contributed by atoms with Crippen molar-refractivity contribution in [3.63, 3.8) is 0 Å². The van der Waals surface area contributed by atoms with Gasteiger partial charge in [-0.25, -0.2) is 4.79 Å². The maximum absolute atomic E-state index is 11.4. The van der Waals surface area contributed by atoms with Crippen molar-refractivity contribution in [1.82, 2.24) is 0 Å². The fourth-order valence-electron chi connectivity index (χ4n) is 1.29. The average Bonchev–Trinajstić information content (AvgIpc) is 2.44. The summed E-state index contributed by atoms with van der Waals surface area (Å²) < 4.78 is 9.63. The summed E-state index contributed by atoms with van der Waals surface area (Å²) in [6.07, 6.45) is 0.888. The third kappa shape index (κ3) is 5.22.